The van der Waals surface area contributed by atoms with E-state index in [1.807, 2.05) is 12.1 Å². The van der Waals surface area contributed by atoms with Gasteiger partial charge in [-0.25, -0.2) is 0 Å². The molecule has 0 aliphatic carbocycles. The highest BCUT2D eigenvalue weighted by Gasteiger charge is 2.39. The lowest BCUT2D eigenvalue weighted by Crippen LogP contribution is -2.52. The van der Waals surface area contributed by atoms with E-state index in [2.05, 4.69) is 27.7 Å². The Balaban J connectivity index is 1.34. The molecule has 172 valence electrons. The maximum atomic E-state index is 13.2. The predicted octanol–water partition coefficient (Wildman–Crippen LogP) is 1.89. The standard InChI is InChI=1S/C25H28N4O4/c30-23-8-7-22(24(31)27-23)29-16-20-19(25(29)32)5-2-6-21(20)26-14-17-3-1-4-18(13-17)15-28-9-11-33-12-10-28/h1-6,13,22,26H,7-12,14-16H2,(H,27,30,31)/i16D2. The smallest absolute Gasteiger partial charge is 0.255 e. The lowest BCUT2D eigenvalue weighted by Gasteiger charge is -2.29. The molecular formula is C25H28N4O4. The average molecular weight is 451 g/mol. The van der Waals surface area contributed by atoms with Crippen LogP contribution < -0.4 is 10.6 Å². The van der Waals surface area contributed by atoms with Crippen molar-refractivity contribution < 1.29 is 21.9 Å². The number of amides is 3. The van der Waals surface area contributed by atoms with E-state index in [0.29, 0.717) is 12.2 Å². The number of carbonyl (C=O) groups is 3. The molecule has 3 aliphatic heterocycles. The van der Waals surface area contributed by atoms with Crippen LogP contribution in [0, 0.1) is 0 Å². The van der Waals surface area contributed by atoms with Gasteiger partial charge in [-0.15, -0.1) is 0 Å². The van der Waals surface area contributed by atoms with Gasteiger partial charge in [-0.2, -0.15) is 0 Å². The van der Waals surface area contributed by atoms with Gasteiger partial charge >= 0.3 is 0 Å². The number of piperidine rings is 1. The van der Waals surface area contributed by atoms with E-state index in [-0.39, 0.29) is 24.0 Å². The zero-order valence-corrected chi connectivity index (χ0v) is 18.3. The molecule has 3 amide bonds. The molecule has 8 nitrogen and oxygen atoms in total. The third-order valence-electron chi connectivity index (χ3n) is 6.25. The molecule has 0 radical (unpaired) electrons. The molecule has 0 saturated carbocycles. The fraction of sp³-hybridized carbons (Fsp3) is 0.400. The second-order valence-corrected chi connectivity index (χ2v) is 8.54. The highest BCUT2D eigenvalue weighted by molar-refractivity contribution is 6.06. The van der Waals surface area contributed by atoms with Crippen molar-refractivity contribution in [1.29, 1.82) is 0 Å². The summed E-state index contributed by atoms with van der Waals surface area (Å²) >= 11 is 0. The lowest BCUT2D eigenvalue weighted by molar-refractivity contribution is -0.136. The van der Waals surface area contributed by atoms with Crippen LogP contribution in [0.5, 0.6) is 0 Å². The fourth-order valence-corrected chi connectivity index (χ4v) is 4.50. The molecule has 1 atom stereocenters. The Morgan fingerprint density at radius 2 is 1.88 bits per heavy atom. The lowest BCUT2D eigenvalue weighted by atomic mass is 10.0. The number of morpholine rings is 1. The van der Waals surface area contributed by atoms with Crippen LogP contribution >= 0.6 is 0 Å². The molecular weight excluding hydrogens is 420 g/mol. The van der Waals surface area contributed by atoms with Crippen molar-refractivity contribution in [3.63, 3.8) is 0 Å². The first-order valence-corrected chi connectivity index (χ1v) is 11.3. The van der Waals surface area contributed by atoms with Crippen molar-refractivity contribution >= 4 is 23.4 Å². The number of benzene rings is 2. The Hall–Kier alpha value is -3.23. The Kier molecular flexibility index (Phi) is 5.44. The van der Waals surface area contributed by atoms with E-state index in [4.69, 9.17) is 7.48 Å². The van der Waals surface area contributed by atoms with E-state index in [0.717, 1.165) is 43.3 Å². The van der Waals surface area contributed by atoms with Crippen LogP contribution in [0.25, 0.3) is 0 Å². The first-order valence-electron chi connectivity index (χ1n) is 12.3. The average Bonchev–Trinajstić information content (AvgIpc) is 3.05. The highest BCUT2D eigenvalue weighted by atomic mass is 16.5. The van der Waals surface area contributed by atoms with Crippen molar-refractivity contribution in [1.82, 2.24) is 15.1 Å². The summed E-state index contributed by atoms with van der Waals surface area (Å²) in [5, 5.41) is 5.53. The summed E-state index contributed by atoms with van der Waals surface area (Å²) in [7, 11) is 0. The molecule has 0 spiro atoms. The van der Waals surface area contributed by atoms with Crippen LogP contribution in [-0.4, -0.2) is 59.9 Å². The van der Waals surface area contributed by atoms with Gasteiger partial charge in [-0.3, -0.25) is 24.6 Å². The first-order chi connectivity index (χ1) is 16.8. The van der Waals surface area contributed by atoms with Gasteiger partial charge in [-0.1, -0.05) is 30.3 Å². The van der Waals surface area contributed by atoms with Crippen LogP contribution in [0.4, 0.5) is 5.69 Å². The summed E-state index contributed by atoms with van der Waals surface area (Å²) in [4.78, 5) is 40.5. The molecule has 3 heterocycles. The van der Waals surface area contributed by atoms with Crippen LogP contribution in [-0.2, 0) is 33.9 Å². The topological polar surface area (TPSA) is 91.0 Å². The van der Waals surface area contributed by atoms with Crippen LogP contribution in [0.15, 0.2) is 42.5 Å². The van der Waals surface area contributed by atoms with Crippen molar-refractivity contribution in [3.8, 4) is 0 Å². The Morgan fingerprint density at radius 3 is 2.70 bits per heavy atom. The minimum atomic E-state index is -2.20. The van der Waals surface area contributed by atoms with E-state index in [1.54, 1.807) is 18.2 Å². The molecule has 5 rings (SSSR count). The van der Waals surface area contributed by atoms with Gasteiger partial charge in [0, 0.05) is 55.9 Å². The second-order valence-electron chi connectivity index (χ2n) is 8.54. The Labute approximate surface area is 195 Å². The zero-order chi connectivity index (χ0) is 24.6. The monoisotopic (exact) mass is 450 g/mol. The molecule has 2 N–H and O–H groups in total. The summed E-state index contributed by atoms with van der Waals surface area (Å²) in [6, 6.07) is 12.2. The van der Waals surface area contributed by atoms with E-state index in [1.165, 1.54) is 5.56 Å². The van der Waals surface area contributed by atoms with Gasteiger partial charge in [0.15, 0.2) is 0 Å². The first kappa shape index (κ1) is 19.3. The normalized spacial score (nSPS) is 23.6. The summed E-state index contributed by atoms with van der Waals surface area (Å²) in [6.45, 7) is 2.41. The number of nitrogens with one attached hydrogen (secondary N) is 2. The van der Waals surface area contributed by atoms with Gasteiger partial charge in [0.2, 0.25) is 11.8 Å². The maximum Gasteiger partial charge on any atom is 0.255 e. The number of rotatable bonds is 6. The molecule has 0 aromatic heterocycles. The Morgan fingerprint density at radius 1 is 1.09 bits per heavy atom. The number of imide groups is 1. The summed E-state index contributed by atoms with van der Waals surface area (Å²) in [6.07, 6.45) is 0.168. The van der Waals surface area contributed by atoms with Crippen molar-refractivity contribution in [2.24, 2.45) is 0 Å². The van der Waals surface area contributed by atoms with Crippen LogP contribution in [0.2, 0.25) is 0 Å². The number of anilines is 1. The largest absolute Gasteiger partial charge is 0.381 e. The third-order valence-corrected chi connectivity index (χ3v) is 6.25. The molecule has 8 heteroatoms. The molecule has 2 fully saturated rings. The van der Waals surface area contributed by atoms with E-state index >= 15 is 0 Å². The van der Waals surface area contributed by atoms with E-state index in [9.17, 15) is 14.4 Å². The highest BCUT2D eigenvalue weighted by Crippen LogP contribution is 2.32. The van der Waals surface area contributed by atoms with Crippen molar-refractivity contribution in [3.05, 3.63) is 64.7 Å². The number of nitrogens with zero attached hydrogens (tertiary/aromatic N) is 2. The number of hydrogen-bond donors (Lipinski definition) is 2. The molecule has 2 aromatic rings. The SMILES string of the molecule is [2H]C1([2H])c2c(NCc3cccc(CN4CCOCC4)c3)cccc2C(=O)N1C1CCC(=O)NC1=O. The minimum Gasteiger partial charge on any atom is -0.381 e. The minimum absolute atomic E-state index is 0.0680. The molecule has 1 unspecified atom stereocenters. The van der Waals surface area contributed by atoms with Crippen molar-refractivity contribution in [2.45, 2.75) is 38.5 Å². The summed E-state index contributed by atoms with van der Waals surface area (Å²) in [5.41, 5.74) is 3.19. The van der Waals surface area contributed by atoms with Crippen molar-refractivity contribution in [2.75, 3.05) is 31.6 Å². The van der Waals surface area contributed by atoms with Gasteiger partial charge in [0.25, 0.3) is 5.91 Å². The van der Waals surface area contributed by atoms with Gasteiger partial charge < -0.3 is 15.0 Å². The molecule has 2 saturated heterocycles. The third kappa shape index (κ3) is 4.62. The van der Waals surface area contributed by atoms with Gasteiger partial charge in [0.1, 0.15) is 6.04 Å². The number of fused-ring (bicyclic) bond motifs is 1. The Bertz CT molecular complexity index is 1170. The van der Waals surface area contributed by atoms with Gasteiger partial charge in [-0.05, 0) is 29.7 Å². The number of hydrogen-bond acceptors (Lipinski definition) is 6. The van der Waals surface area contributed by atoms with E-state index < -0.39 is 30.3 Å². The quantitative estimate of drug-likeness (QED) is 0.654. The predicted molar refractivity (Wildman–Crippen MR) is 122 cm³/mol. The van der Waals surface area contributed by atoms with Gasteiger partial charge in [0.05, 0.1) is 16.0 Å². The molecule has 33 heavy (non-hydrogen) atoms. The molecule has 2 aromatic carbocycles. The second kappa shape index (κ2) is 9.33. The number of carbonyl (C=O) groups excluding carboxylic acids is 3. The summed E-state index contributed by atoms with van der Waals surface area (Å²) in [5.74, 6) is -1.59. The summed E-state index contributed by atoms with van der Waals surface area (Å²) < 4.78 is 23.0. The zero-order valence-electron chi connectivity index (χ0n) is 20.3. The molecule has 3 aliphatic rings. The molecule has 0 bridgehead atoms. The maximum absolute atomic E-state index is 13.2. The number of ether oxygens (including phenoxy) is 1. The fourth-order valence-electron chi connectivity index (χ4n) is 4.50. The van der Waals surface area contributed by atoms with Crippen LogP contribution in [0.3, 0.4) is 0 Å². The van der Waals surface area contributed by atoms with Crippen LogP contribution in [0.1, 0.15) is 42.6 Å².